The Morgan fingerprint density at radius 2 is 1.83 bits per heavy atom. The summed E-state index contributed by atoms with van der Waals surface area (Å²) in [7, 11) is 0. The Labute approximate surface area is 138 Å². The van der Waals surface area contributed by atoms with Gasteiger partial charge in [0.2, 0.25) is 5.91 Å². The lowest BCUT2D eigenvalue weighted by Crippen LogP contribution is -2.28. The molecule has 1 unspecified atom stereocenters. The van der Waals surface area contributed by atoms with E-state index in [0.717, 1.165) is 23.2 Å². The fourth-order valence-electron chi connectivity index (χ4n) is 2.70. The number of aromatic nitrogens is 1. The van der Waals surface area contributed by atoms with Crippen molar-refractivity contribution >= 4 is 5.91 Å². The van der Waals surface area contributed by atoms with Gasteiger partial charge < -0.3 is 9.84 Å². The van der Waals surface area contributed by atoms with Crippen LogP contribution in [0.3, 0.4) is 0 Å². The zero-order valence-corrected chi connectivity index (χ0v) is 14.6. The summed E-state index contributed by atoms with van der Waals surface area (Å²) in [6, 6.07) is 8.46. The summed E-state index contributed by atoms with van der Waals surface area (Å²) in [4.78, 5) is 12.2. The van der Waals surface area contributed by atoms with E-state index >= 15 is 0 Å². The summed E-state index contributed by atoms with van der Waals surface area (Å²) in [5.74, 6) is 1.34. The van der Waals surface area contributed by atoms with Crippen molar-refractivity contribution in [2.45, 2.75) is 53.5 Å². The summed E-state index contributed by atoms with van der Waals surface area (Å²) in [5.41, 5.74) is 4.10. The van der Waals surface area contributed by atoms with Crippen molar-refractivity contribution in [2.24, 2.45) is 5.92 Å². The molecule has 0 fully saturated rings. The molecular weight excluding hydrogens is 288 g/mol. The lowest BCUT2D eigenvalue weighted by molar-refractivity contribution is -0.121. The van der Waals surface area contributed by atoms with E-state index in [-0.39, 0.29) is 11.9 Å². The van der Waals surface area contributed by atoms with Crippen LogP contribution in [-0.2, 0) is 17.6 Å². The molecule has 0 radical (unpaired) electrons. The van der Waals surface area contributed by atoms with Gasteiger partial charge in [-0.15, -0.1) is 0 Å². The fraction of sp³-hybridized carbons (Fsp3) is 0.474. The van der Waals surface area contributed by atoms with Crippen molar-refractivity contribution in [1.82, 2.24) is 10.5 Å². The Hall–Kier alpha value is -2.10. The topological polar surface area (TPSA) is 55.1 Å². The van der Waals surface area contributed by atoms with Gasteiger partial charge in [-0.25, -0.2) is 0 Å². The van der Waals surface area contributed by atoms with Gasteiger partial charge in [0.15, 0.2) is 0 Å². The zero-order chi connectivity index (χ0) is 17.0. The Bertz CT molecular complexity index is 637. The number of nitrogens with one attached hydrogen (secondary N) is 1. The summed E-state index contributed by atoms with van der Waals surface area (Å²) < 4.78 is 5.10. The van der Waals surface area contributed by atoms with Crippen molar-refractivity contribution in [1.29, 1.82) is 0 Å². The first-order chi connectivity index (χ1) is 10.9. The number of hydrogen-bond donors (Lipinski definition) is 1. The minimum atomic E-state index is -0.0175. The molecule has 1 heterocycles. The molecule has 1 aromatic heterocycles. The molecule has 2 aromatic rings. The number of amides is 1. The molecule has 0 bridgehead atoms. The van der Waals surface area contributed by atoms with Crippen molar-refractivity contribution in [3.63, 3.8) is 0 Å². The molecule has 1 N–H and O–H groups in total. The SMILES string of the molecule is Cc1noc(C)c1CC(=O)NC(C)c1ccc(CC(C)C)cc1. The van der Waals surface area contributed by atoms with Gasteiger partial charge in [-0.1, -0.05) is 43.3 Å². The largest absolute Gasteiger partial charge is 0.361 e. The van der Waals surface area contributed by atoms with Gasteiger partial charge in [0.25, 0.3) is 0 Å². The Kier molecular flexibility index (Phi) is 5.59. The average molecular weight is 314 g/mol. The predicted molar refractivity (Wildman–Crippen MR) is 91.2 cm³/mol. The number of aryl methyl sites for hydroxylation is 2. The van der Waals surface area contributed by atoms with Crippen LogP contribution < -0.4 is 5.32 Å². The number of benzene rings is 1. The summed E-state index contributed by atoms with van der Waals surface area (Å²) in [6.45, 7) is 10.1. The van der Waals surface area contributed by atoms with Crippen LogP contribution in [0.5, 0.6) is 0 Å². The maximum Gasteiger partial charge on any atom is 0.225 e. The standard InChI is InChI=1S/C19H26N2O2/c1-12(2)10-16-6-8-17(9-7-16)13(3)20-19(22)11-18-14(4)21-23-15(18)5/h6-9,12-13H,10-11H2,1-5H3,(H,20,22). The van der Waals surface area contributed by atoms with Crippen LogP contribution in [0.1, 0.15) is 55.0 Å². The van der Waals surface area contributed by atoms with Crippen molar-refractivity contribution < 1.29 is 9.32 Å². The van der Waals surface area contributed by atoms with Crippen LogP contribution in [0.4, 0.5) is 0 Å². The third kappa shape index (κ3) is 4.68. The molecule has 0 saturated carbocycles. The van der Waals surface area contributed by atoms with Crippen LogP contribution in [0.25, 0.3) is 0 Å². The molecule has 1 aromatic carbocycles. The predicted octanol–water partition coefficient (Wildman–Crippen LogP) is 3.91. The van der Waals surface area contributed by atoms with Gasteiger partial charge >= 0.3 is 0 Å². The Balaban J connectivity index is 1.95. The molecule has 124 valence electrons. The smallest absolute Gasteiger partial charge is 0.225 e. The molecule has 0 aliphatic carbocycles. The number of hydrogen-bond acceptors (Lipinski definition) is 3. The molecule has 0 aliphatic rings. The number of carbonyl (C=O) groups excluding carboxylic acids is 1. The van der Waals surface area contributed by atoms with E-state index in [9.17, 15) is 4.79 Å². The maximum atomic E-state index is 12.2. The van der Waals surface area contributed by atoms with Crippen molar-refractivity contribution in [3.05, 3.63) is 52.4 Å². The molecule has 2 rings (SSSR count). The van der Waals surface area contributed by atoms with Gasteiger partial charge in [-0.2, -0.15) is 0 Å². The first-order valence-electron chi connectivity index (χ1n) is 8.16. The summed E-state index contributed by atoms with van der Waals surface area (Å²) >= 11 is 0. The first-order valence-corrected chi connectivity index (χ1v) is 8.16. The molecule has 23 heavy (non-hydrogen) atoms. The molecule has 0 saturated heterocycles. The van der Waals surface area contributed by atoms with E-state index < -0.39 is 0 Å². The molecule has 1 amide bonds. The lowest BCUT2D eigenvalue weighted by atomic mass is 10.00. The monoisotopic (exact) mass is 314 g/mol. The van der Waals surface area contributed by atoms with Gasteiger partial charge in [0.05, 0.1) is 18.2 Å². The molecule has 1 atom stereocenters. The minimum absolute atomic E-state index is 0.0156. The van der Waals surface area contributed by atoms with Crippen LogP contribution in [-0.4, -0.2) is 11.1 Å². The Morgan fingerprint density at radius 1 is 1.17 bits per heavy atom. The second kappa shape index (κ2) is 7.44. The minimum Gasteiger partial charge on any atom is -0.361 e. The molecule has 0 aliphatic heterocycles. The zero-order valence-electron chi connectivity index (χ0n) is 14.6. The van der Waals surface area contributed by atoms with Gasteiger partial charge in [-0.3, -0.25) is 4.79 Å². The molecule has 4 heteroatoms. The van der Waals surface area contributed by atoms with Crippen LogP contribution in [0.15, 0.2) is 28.8 Å². The highest BCUT2D eigenvalue weighted by Crippen LogP contribution is 2.17. The number of rotatable bonds is 6. The van der Waals surface area contributed by atoms with Gasteiger partial charge in [0.1, 0.15) is 5.76 Å². The molecule has 0 spiro atoms. The summed E-state index contributed by atoms with van der Waals surface area (Å²) in [5, 5.41) is 6.93. The third-order valence-electron chi connectivity index (χ3n) is 4.02. The van der Waals surface area contributed by atoms with Gasteiger partial charge in [0, 0.05) is 5.56 Å². The van der Waals surface area contributed by atoms with Crippen LogP contribution in [0, 0.1) is 19.8 Å². The van der Waals surface area contributed by atoms with E-state index in [2.05, 4.69) is 48.6 Å². The highest BCUT2D eigenvalue weighted by Gasteiger charge is 2.15. The fourth-order valence-corrected chi connectivity index (χ4v) is 2.70. The number of carbonyl (C=O) groups is 1. The van der Waals surface area contributed by atoms with E-state index in [4.69, 9.17) is 4.52 Å². The Morgan fingerprint density at radius 3 is 2.35 bits per heavy atom. The van der Waals surface area contributed by atoms with Crippen molar-refractivity contribution in [3.8, 4) is 0 Å². The van der Waals surface area contributed by atoms with E-state index in [1.807, 2.05) is 20.8 Å². The van der Waals surface area contributed by atoms with Crippen molar-refractivity contribution in [2.75, 3.05) is 0 Å². The first kappa shape index (κ1) is 17.3. The quantitative estimate of drug-likeness (QED) is 0.879. The average Bonchev–Trinajstić information content (AvgIpc) is 2.79. The molecule has 4 nitrogen and oxygen atoms in total. The number of nitrogens with zero attached hydrogens (tertiary/aromatic N) is 1. The third-order valence-corrected chi connectivity index (χ3v) is 4.02. The lowest BCUT2D eigenvalue weighted by Gasteiger charge is -2.15. The highest BCUT2D eigenvalue weighted by atomic mass is 16.5. The van der Waals surface area contributed by atoms with Crippen LogP contribution in [0.2, 0.25) is 0 Å². The molecular formula is C19H26N2O2. The second-order valence-corrected chi connectivity index (χ2v) is 6.61. The van der Waals surface area contributed by atoms with E-state index in [1.165, 1.54) is 5.56 Å². The summed E-state index contributed by atoms with van der Waals surface area (Å²) in [6.07, 6.45) is 1.38. The van der Waals surface area contributed by atoms with E-state index in [0.29, 0.717) is 18.1 Å². The van der Waals surface area contributed by atoms with E-state index in [1.54, 1.807) is 0 Å². The second-order valence-electron chi connectivity index (χ2n) is 6.61. The maximum absolute atomic E-state index is 12.2. The van der Waals surface area contributed by atoms with Gasteiger partial charge in [-0.05, 0) is 44.2 Å². The normalized spacial score (nSPS) is 12.4. The van der Waals surface area contributed by atoms with Crippen LogP contribution >= 0.6 is 0 Å². The highest BCUT2D eigenvalue weighted by molar-refractivity contribution is 5.79.